The van der Waals surface area contributed by atoms with Gasteiger partial charge in [-0.3, -0.25) is 0 Å². The molecule has 0 aliphatic heterocycles. The van der Waals surface area contributed by atoms with Crippen molar-refractivity contribution in [1.29, 1.82) is 0 Å². The predicted molar refractivity (Wildman–Crippen MR) is 71.9 cm³/mol. The van der Waals surface area contributed by atoms with Crippen LogP contribution in [0.1, 0.15) is 25.1 Å². The Bertz CT molecular complexity index is 602. The van der Waals surface area contributed by atoms with E-state index in [2.05, 4.69) is 33.6 Å². The van der Waals surface area contributed by atoms with E-state index in [-0.39, 0.29) is 0 Å². The van der Waals surface area contributed by atoms with Crippen molar-refractivity contribution >= 4 is 11.2 Å². The molecule has 2 aromatic rings. The van der Waals surface area contributed by atoms with Crippen LogP contribution < -0.4 is 0 Å². The van der Waals surface area contributed by atoms with Crippen molar-refractivity contribution in [3.63, 3.8) is 0 Å². The van der Waals surface area contributed by atoms with E-state index in [9.17, 15) is 0 Å². The predicted octanol–water partition coefficient (Wildman–Crippen LogP) is 3.13. The molecule has 4 heteroatoms. The van der Waals surface area contributed by atoms with E-state index < -0.39 is 0 Å². The van der Waals surface area contributed by atoms with Gasteiger partial charge in [0, 0.05) is 11.8 Å². The Labute approximate surface area is 107 Å². The molecule has 2 heterocycles. The molecule has 92 valence electrons. The Hall–Kier alpha value is -2.15. The highest BCUT2D eigenvalue weighted by molar-refractivity contribution is 5.75. The van der Waals surface area contributed by atoms with Crippen molar-refractivity contribution in [3.8, 4) is 0 Å². The van der Waals surface area contributed by atoms with Crippen LogP contribution in [0.5, 0.6) is 0 Å². The first-order chi connectivity index (χ1) is 8.70. The first-order valence-corrected chi connectivity index (χ1v) is 6.04. The van der Waals surface area contributed by atoms with Crippen molar-refractivity contribution < 1.29 is 0 Å². The summed E-state index contributed by atoms with van der Waals surface area (Å²) in [6.07, 6.45) is 8.71. The third-order valence-corrected chi connectivity index (χ3v) is 2.64. The van der Waals surface area contributed by atoms with Gasteiger partial charge in [-0.05, 0) is 18.8 Å². The monoisotopic (exact) mass is 240 g/mol. The molecule has 18 heavy (non-hydrogen) atoms. The summed E-state index contributed by atoms with van der Waals surface area (Å²) in [7, 11) is 0. The molecule has 0 radical (unpaired) electrons. The molecule has 1 N–H and O–H groups in total. The SMILES string of the molecule is [C-]#[N+]/C=C\Cc1c[nH]c2ncc(CC(C)C)nc12. The molecule has 2 rings (SSSR count). The van der Waals surface area contributed by atoms with Gasteiger partial charge in [-0.2, -0.15) is 0 Å². The van der Waals surface area contributed by atoms with Crippen LogP contribution in [0.2, 0.25) is 0 Å². The maximum absolute atomic E-state index is 6.71. The van der Waals surface area contributed by atoms with Crippen molar-refractivity contribution in [3.05, 3.63) is 47.3 Å². The number of aromatic nitrogens is 3. The van der Waals surface area contributed by atoms with Crippen LogP contribution in [0.3, 0.4) is 0 Å². The van der Waals surface area contributed by atoms with Crippen molar-refractivity contribution in [2.45, 2.75) is 26.7 Å². The van der Waals surface area contributed by atoms with E-state index in [0.29, 0.717) is 12.3 Å². The standard InChI is InChI=1S/C14H16N4/c1-10(2)7-12-9-17-14-13(18-12)11(8-16-14)5-4-6-15-3/h4,6,8-10H,5,7H2,1-2H3,(H,16,17)/b6-4-. The summed E-state index contributed by atoms with van der Waals surface area (Å²) in [5.41, 5.74) is 3.84. The third kappa shape index (κ3) is 2.75. The minimum Gasteiger partial charge on any atom is -0.345 e. The Balaban J connectivity index is 2.31. The highest BCUT2D eigenvalue weighted by Crippen LogP contribution is 2.16. The molecule has 0 bridgehead atoms. The minimum absolute atomic E-state index is 0.571. The van der Waals surface area contributed by atoms with E-state index in [1.807, 2.05) is 18.5 Å². The topological polar surface area (TPSA) is 45.9 Å². The van der Waals surface area contributed by atoms with Crippen LogP contribution in [0.25, 0.3) is 16.0 Å². The summed E-state index contributed by atoms with van der Waals surface area (Å²) in [6, 6.07) is 0. The number of hydrogen-bond donors (Lipinski definition) is 1. The zero-order valence-corrected chi connectivity index (χ0v) is 10.6. The van der Waals surface area contributed by atoms with Crippen LogP contribution in [0.4, 0.5) is 0 Å². The summed E-state index contributed by atoms with van der Waals surface area (Å²) in [5.74, 6) is 0.571. The second-order valence-corrected chi connectivity index (χ2v) is 4.69. The lowest BCUT2D eigenvalue weighted by atomic mass is 10.1. The maximum atomic E-state index is 6.71. The second-order valence-electron chi connectivity index (χ2n) is 4.69. The molecule has 0 unspecified atom stereocenters. The normalized spacial score (nSPS) is 11.4. The quantitative estimate of drug-likeness (QED) is 0.834. The van der Waals surface area contributed by atoms with E-state index >= 15 is 0 Å². The smallest absolute Gasteiger partial charge is 0.156 e. The molecule has 4 nitrogen and oxygen atoms in total. The highest BCUT2D eigenvalue weighted by atomic mass is 14.9. The second kappa shape index (κ2) is 5.46. The Morgan fingerprint density at radius 2 is 2.33 bits per heavy atom. The number of rotatable bonds is 4. The average molecular weight is 240 g/mol. The lowest BCUT2D eigenvalue weighted by Crippen LogP contribution is -1.98. The van der Waals surface area contributed by atoms with E-state index in [0.717, 1.165) is 28.8 Å². The molecule has 0 amide bonds. The van der Waals surface area contributed by atoms with E-state index in [4.69, 9.17) is 6.57 Å². The molecule has 0 aliphatic rings. The summed E-state index contributed by atoms with van der Waals surface area (Å²) >= 11 is 0. The van der Waals surface area contributed by atoms with Gasteiger partial charge in [-0.25, -0.2) is 14.8 Å². The zero-order chi connectivity index (χ0) is 13.0. The van der Waals surface area contributed by atoms with Crippen molar-refractivity contribution in [1.82, 2.24) is 15.0 Å². The van der Waals surface area contributed by atoms with E-state index in [1.54, 1.807) is 0 Å². The third-order valence-electron chi connectivity index (χ3n) is 2.64. The fraction of sp³-hybridized carbons (Fsp3) is 0.357. The highest BCUT2D eigenvalue weighted by Gasteiger charge is 2.07. The van der Waals surface area contributed by atoms with Gasteiger partial charge < -0.3 is 4.98 Å². The molecule has 0 saturated heterocycles. The zero-order valence-electron chi connectivity index (χ0n) is 10.6. The summed E-state index contributed by atoms with van der Waals surface area (Å²) in [6.45, 7) is 11.0. The molecule has 0 aliphatic carbocycles. The van der Waals surface area contributed by atoms with Crippen LogP contribution in [0, 0.1) is 12.5 Å². The van der Waals surface area contributed by atoms with Gasteiger partial charge >= 0.3 is 0 Å². The number of hydrogen-bond acceptors (Lipinski definition) is 2. The van der Waals surface area contributed by atoms with Crippen LogP contribution >= 0.6 is 0 Å². The molecule has 0 spiro atoms. The van der Waals surface area contributed by atoms with Crippen LogP contribution in [0.15, 0.2) is 24.7 Å². The number of fused-ring (bicyclic) bond motifs is 1. The number of nitrogens with zero attached hydrogens (tertiary/aromatic N) is 3. The van der Waals surface area contributed by atoms with E-state index in [1.165, 1.54) is 6.20 Å². The fourth-order valence-corrected chi connectivity index (χ4v) is 1.88. The maximum Gasteiger partial charge on any atom is 0.156 e. The molecule has 0 saturated carbocycles. The van der Waals surface area contributed by atoms with Gasteiger partial charge in [0.2, 0.25) is 0 Å². The number of H-pyrrole nitrogens is 1. The van der Waals surface area contributed by atoms with Gasteiger partial charge in [-0.1, -0.05) is 19.9 Å². The molecular weight excluding hydrogens is 224 g/mol. The molecule has 2 aromatic heterocycles. The van der Waals surface area contributed by atoms with Gasteiger partial charge in [0.25, 0.3) is 0 Å². The summed E-state index contributed by atoms with van der Waals surface area (Å²) in [4.78, 5) is 15.3. The van der Waals surface area contributed by atoms with Crippen molar-refractivity contribution in [2.24, 2.45) is 5.92 Å². The Kier molecular flexibility index (Phi) is 3.73. The fourth-order valence-electron chi connectivity index (χ4n) is 1.88. The Morgan fingerprint density at radius 3 is 3.06 bits per heavy atom. The largest absolute Gasteiger partial charge is 0.345 e. The number of nitrogens with one attached hydrogen (secondary N) is 1. The minimum atomic E-state index is 0.571. The van der Waals surface area contributed by atoms with Gasteiger partial charge in [-0.15, -0.1) is 0 Å². The Morgan fingerprint density at radius 1 is 1.50 bits per heavy atom. The summed E-state index contributed by atoms with van der Waals surface area (Å²) in [5, 5.41) is 0. The van der Waals surface area contributed by atoms with Gasteiger partial charge in [0.15, 0.2) is 11.8 Å². The lowest BCUT2D eigenvalue weighted by molar-refractivity contribution is 0.635. The van der Waals surface area contributed by atoms with Gasteiger partial charge in [0.05, 0.1) is 18.5 Å². The van der Waals surface area contributed by atoms with Crippen LogP contribution in [-0.2, 0) is 12.8 Å². The molecule has 0 fully saturated rings. The first-order valence-electron chi connectivity index (χ1n) is 6.04. The molecule has 0 atom stereocenters. The summed E-state index contributed by atoms with van der Waals surface area (Å²) < 4.78 is 0. The van der Waals surface area contributed by atoms with Gasteiger partial charge in [0.1, 0.15) is 5.52 Å². The van der Waals surface area contributed by atoms with Crippen molar-refractivity contribution in [2.75, 3.05) is 0 Å². The number of aromatic amines is 1. The number of allylic oxidation sites excluding steroid dienone is 1. The average Bonchev–Trinajstić information content (AvgIpc) is 2.72. The molecular formula is C14H16N4. The first kappa shape index (κ1) is 12.3. The van der Waals surface area contributed by atoms with Crippen LogP contribution in [-0.4, -0.2) is 15.0 Å². The lowest BCUT2D eigenvalue weighted by Gasteiger charge is -2.03. The molecule has 0 aromatic carbocycles.